The number of amides is 7. The van der Waals surface area contributed by atoms with Gasteiger partial charge in [-0.2, -0.15) is 40.4 Å². The van der Waals surface area contributed by atoms with Gasteiger partial charge in [0.1, 0.15) is 58.7 Å². The molecule has 4 aliphatic rings. The minimum absolute atomic E-state index is 0.0149. The number of benzene rings is 8. The first-order valence-corrected chi connectivity index (χ1v) is 38.1. The lowest BCUT2D eigenvalue weighted by Gasteiger charge is -2.39. The highest BCUT2D eigenvalue weighted by Gasteiger charge is 2.53. The molecule has 2 saturated carbocycles. The van der Waals surface area contributed by atoms with Crippen LogP contribution in [0.5, 0.6) is 0 Å². The van der Waals surface area contributed by atoms with Crippen LogP contribution in [0.4, 0.5) is 93.0 Å². The van der Waals surface area contributed by atoms with Gasteiger partial charge in [-0.05, 0) is 252 Å². The number of aryl methyl sites for hydroxylation is 4. The highest BCUT2D eigenvalue weighted by Crippen LogP contribution is 2.43. The van der Waals surface area contributed by atoms with Crippen molar-refractivity contribution in [2.45, 2.75) is 128 Å². The predicted molar refractivity (Wildman–Crippen MR) is 420 cm³/mol. The van der Waals surface area contributed by atoms with Gasteiger partial charge in [0.2, 0.25) is 0 Å². The molecule has 1 atom stereocenters. The molecule has 3 fully saturated rings. The molecule has 0 bridgehead atoms. The van der Waals surface area contributed by atoms with Crippen LogP contribution in [0, 0.1) is 91.5 Å². The van der Waals surface area contributed by atoms with Crippen LogP contribution in [0.15, 0.2) is 170 Å². The van der Waals surface area contributed by atoms with Crippen LogP contribution < -0.4 is 31.9 Å². The Kier molecular flexibility index (Phi) is 29.1. The number of hydrogen-bond donors (Lipinski definition) is 7. The number of morpholine rings is 1. The summed E-state index contributed by atoms with van der Waals surface area (Å²) < 4.78 is 240. The molecule has 20 nitrogen and oxygen atoms in total. The van der Waals surface area contributed by atoms with Gasteiger partial charge in [-0.3, -0.25) is 38.4 Å². The Morgan fingerprint density at radius 3 is 1.25 bits per heavy atom. The number of aromatic nitrogens is 1. The zero-order valence-electron chi connectivity index (χ0n) is 66.5. The Bertz CT molecular complexity index is 5630. The molecular weight excluding hydrogens is 1660 g/mol. The van der Waals surface area contributed by atoms with Crippen molar-refractivity contribution in [1.82, 2.24) is 25.4 Å². The number of fused-ring (bicyclic) bond motifs is 1. The molecule has 3 heterocycles. The fourth-order valence-electron chi connectivity index (χ4n) is 13.2. The van der Waals surface area contributed by atoms with Crippen LogP contribution >= 0.6 is 0 Å². The fraction of sp³-hybridized carbons (Fsp3) is 0.284. The topological polar surface area (TPSA) is 273 Å². The number of carbonyl (C=O) groups is 8. The molecule has 7 amide bonds. The molecule has 2 aliphatic heterocycles. The van der Waals surface area contributed by atoms with Crippen LogP contribution in [0.2, 0.25) is 0 Å². The van der Waals surface area contributed by atoms with Gasteiger partial charge in [0.15, 0.2) is 6.23 Å². The largest absolute Gasteiger partial charge is 0.441 e. The lowest BCUT2D eigenvalue weighted by atomic mass is 9.87. The summed E-state index contributed by atoms with van der Waals surface area (Å²) in [5.74, 6) is -31.3. The van der Waals surface area contributed by atoms with Crippen LogP contribution in [-0.2, 0) is 65.3 Å². The lowest BCUT2D eigenvalue weighted by Crippen LogP contribution is -2.49. The number of halogens is 16. The summed E-state index contributed by atoms with van der Waals surface area (Å²) in [6.07, 6.45) is 4.19. The maximum absolute atomic E-state index is 15.2. The number of aromatic amines is 1. The third kappa shape index (κ3) is 22.1. The van der Waals surface area contributed by atoms with E-state index in [0.717, 1.165) is 107 Å². The fourth-order valence-corrected chi connectivity index (χ4v) is 13.2. The molecule has 124 heavy (non-hydrogen) atoms. The van der Waals surface area contributed by atoms with Gasteiger partial charge in [-0.15, -0.1) is 0 Å². The maximum Gasteiger partial charge on any atom is 0.352 e. The van der Waals surface area contributed by atoms with E-state index in [1.54, 1.807) is 18.3 Å². The van der Waals surface area contributed by atoms with Crippen molar-refractivity contribution in [2.75, 3.05) is 47.6 Å². The number of H-pyrrole nitrogens is 1. The molecule has 9 aromatic rings. The Morgan fingerprint density at radius 1 is 0.508 bits per heavy atom. The van der Waals surface area contributed by atoms with E-state index in [1.807, 2.05) is 5.32 Å². The van der Waals surface area contributed by atoms with Crippen molar-refractivity contribution in [3.8, 4) is 6.07 Å². The van der Waals surface area contributed by atoms with E-state index in [4.69, 9.17) is 14.7 Å². The minimum atomic E-state index is -4.29. The number of allylic oxidation sites excluding steroid dienone is 1. The monoisotopic (exact) mass is 1740 g/mol. The summed E-state index contributed by atoms with van der Waals surface area (Å²) in [4.78, 5) is 102. The summed E-state index contributed by atoms with van der Waals surface area (Å²) in [6, 6.07) is 28.0. The first-order chi connectivity index (χ1) is 58.5. The third-order valence-corrected chi connectivity index (χ3v) is 20.7. The molecule has 7 N–H and O–H groups in total. The highest BCUT2D eigenvalue weighted by molar-refractivity contribution is 6.07. The molecule has 0 radical (unpaired) electrons. The number of hydrogen-bond acceptors (Lipinski definition) is 12. The van der Waals surface area contributed by atoms with E-state index >= 15 is 17.6 Å². The summed E-state index contributed by atoms with van der Waals surface area (Å²) in [5, 5.41) is 22.9. The molecule has 0 spiro atoms. The van der Waals surface area contributed by atoms with E-state index in [2.05, 4.69) is 45.1 Å². The van der Waals surface area contributed by atoms with Crippen LogP contribution in [0.1, 0.15) is 143 Å². The molecule has 2 aliphatic carbocycles. The second-order valence-electron chi connectivity index (χ2n) is 29.7. The van der Waals surface area contributed by atoms with Gasteiger partial charge in [0.05, 0.1) is 40.6 Å². The number of alkyl halides is 8. The number of anilines is 4. The molecular formula is C88H78F16N10O10. The zero-order valence-corrected chi connectivity index (χ0v) is 66.5. The van der Waals surface area contributed by atoms with Gasteiger partial charge in [-0.25, -0.2) is 35.1 Å². The molecule has 1 saturated heterocycles. The smallest absolute Gasteiger partial charge is 0.352 e. The molecule has 8 aromatic carbocycles. The molecule has 652 valence electrons. The van der Waals surface area contributed by atoms with Gasteiger partial charge >= 0.3 is 23.7 Å². The number of rotatable bonds is 21. The number of nitriles is 1. The van der Waals surface area contributed by atoms with Gasteiger partial charge < -0.3 is 56.2 Å². The Labute approximate surface area is 698 Å². The van der Waals surface area contributed by atoms with Gasteiger partial charge in [-0.1, -0.05) is 13.5 Å². The number of ether oxygens (including phenoxy) is 2. The Morgan fingerprint density at radius 2 is 0.879 bits per heavy atom. The van der Waals surface area contributed by atoms with E-state index in [1.165, 1.54) is 76.2 Å². The number of nitrogens with one attached hydrogen (secondary N) is 7. The zero-order chi connectivity index (χ0) is 90.7. The molecule has 0 unspecified atom stereocenters. The standard InChI is InChI=1S/C23H19F4N3O2.C23H24F4N2O2.C22H20F4N2O4.C20H15F4N3O2/c1-13-10-16(3-5-18(13)24)29-21(31)14-2-4-19(25)17(11-14)23(26,27)22(32)30-9-7-20-15(12-30)6-8-28-20;1-13-3-6-16(7-4-13)29-22(31)23(26,27)18-12-15(5-9-20(18)25)21(30)28-17-8-10-19(24)14(2)11-17;1-13-9-16(4-6-18(13)23)27-21(30)15-3-5-19(24)17(10-15)22(25,26)14(2)28-7-8-31-11-20(28)32-12-29;1-11-8-13(3-5-15(11)21)26-17(28)12-2-4-16(22)14(9-12)20(23,24)18(29)27-19(10-25)6-7-19/h2-6,8,10-11,28H,7,9,12H2,1H3,(H,29,31);5,8-13,16H,3-4,6-7H2,1-2H3,(H,28,30)(H,29,31);3-6,9-10,12,20H,2,7-8,11H2,1H3,(H,27,30);2-5,8-9H,6-7H2,1H3,(H,26,28)(H,27,29)/t;;20-;/m..1./s1. The summed E-state index contributed by atoms with van der Waals surface area (Å²) in [7, 11) is 0. The average molecular weight is 1740 g/mol. The van der Waals surface area contributed by atoms with Crippen molar-refractivity contribution >= 4 is 70.6 Å². The van der Waals surface area contributed by atoms with Gasteiger partial charge in [0, 0.05) is 89.0 Å². The Balaban J connectivity index is 0.000000173. The summed E-state index contributed by atoms with van der Waals surface area (Å²) in [6.45, 7) is 11.4. The normalized spacial score (nSPS) is 15.9. The average Bonchev–Trinajstić information content (AvgIpc) is 1.33. The van der Waals surface area contributed by atoms with Crippen LogP contribution in [-0.4, -0.2) is 107 Å². The maximum atomic E-state index is 15.2. The molecule has 1 aromatic heterocycles. The van der Waals surface area contributed by atoms with Crippen molar-refractivity contribution in [1.29, 1.82) is 5.26 Å². The van der Waals surface area contributed by atoms with Crippen molar-refractivity contribution < 1.29 is 118 Å². The number of carbonyl (C=O) groups excluding carboxylic acids is 8. The highest BCUT2D eigenvalue weighted by atomic mass is 19.3. The first-order valence-electron chi connectivity index (χ1n) is 38.1. The minimum Gasteiger partial charge on any atom is -0.441 e. The molecule has 13 rings (SSSR count). The van der Waals surface area contributed by atoms with Crippen molar-refractivity contribution in [3.63, 3.8) is 0 Å². The van der Waals surface area contributed by atoms with Crippen molar-refractivity contribution in [2.24, 2.45) is 5.92 Å². The SMILES string of the molecule is C=C(N1CCOC[C@H]1OC=O)C(F)(F)c1cc(C(=O)Nc2ccc(F)c(C)c2)ccc1F.Cc1cc(NC(=O)c2ccc(F)c(C(F)(F)C(=O)N3CCc4[nH]ccc4C3)c2)ccc1F.Cc1cc(NC(=O)c2ccc(F)c(C(F)(F)C(=O)NC3(C#N)CC3)c2)ccc1F.Cc1cc(NC(=O)c2ccc(F)c(C(F)(F)C(=O)NC3CCC(C)CC3)c2)ccc1F. The quantitative estimate of drug-likeness (QED) is 0.0261. The van der Waals surface area contributed by atoms with E-state index in [9.17, 15) is 91.0 Å². The third-order valence-electron chi connectivity index (χ3n) is 20.7. The van der Waals surface area contributed by atoms with Crippen molar-refractivity contribution in [3.05, 3.63) is 295 Å². The second-order valence-corrected chi connectivity index (χ2v) is 29.7. The summed E-state index contributed by atoms with van der Waals surface area (Å²) in [5.41, 5.74) is -4.25. The lowest BCUT2D eigenvalue weighted by molar-refractivity contribution is -0.162. The predicted octanol–water partition coefficient (Wildman–Crippen LogP) is 17.6. The van der Waals surface area contributed by atoms with Crippen LogP contribution in [0.3, 0.4) is 0 Å². The van der Waals surface area contributed by atoms with Gasteiger partial charge in [0.25, 0.3) is 47.8 Å². The van der Waals surface area contributed by atoms with Crippen LogP contribution in [0.25, 0.3) is 0 Å². The van der Waals surface area contributed by atoms with E-state index in [0.29, 0.717) is 49.4 Å². The summed E-state index contributed by atoms with van der Waals surface area (Å²) >= 11 is 0. The van der Waals surface area contributed by atoms with E-state index < -0.39 is 151 Å². The van der Waals surface area contributed by atoms with E-state index in [-0.39, 0.29) is 125 Å². The second kappa shape index (κ2) is 38.8. The first kappa shape index (κ1) is 92.9. The number of nitrogens with zero attached hydrogens (tertiary/aromatic N) is 3. The molecule has 36 heteroatoms. The Hall–Kier alpha value is -13.3.